The van der Waals surface area contributed by atoms with Crippen LogP contribution in [0.1, 0.15) is 49.9 Å². The van der Waals surface area contributed by atoms with Crippen molar-refractivity contribution in [3.8, 4) is 0 Å². The minimum absolute atomic E-state index is 0.228. The average Bonchev–Trinajstić information content (AvgIpc) is 2.63. The van der Waals surface area contributed by atoms with Gasteiger partial charge in [-0.05, 0) is 49.4 Å². The van der Waals surface area contributed by atoms with Crippen molar-refractivity contribution < 1.29 is 4.79 Å². The van der Waals surface area contributed by atoms with Gasteiger partial charge in [0.05, 0.1) is 0 Å². The van der Waals surface area contributed by atoms with E-state index < -0.39 is 0 Å². The number of Topliss-reactive ketones (excluding diaryl/α,β-unsaturated/α-hetero) is 1. The lowest BCUT2D eigenvalue weighted by Gasteiger charge is -2.22. The summed E-state index contributed by atoms with van der Waals surface area (Å²) in [6, 6.07) is 8.13. The summed E-state index contributed by atoms with van der Waals surface area (Å²) in [5, 5.41) is 0. The average molecular weight is 245 g/mol. The first-order chi connectivity index (χ1) is 8.70. The van der Waals surface area contributed by atoms with Crippen molar-refractivity contribution in [1.82, 2.24) is 0 Å². The van der Waals surface area contributed by atoms with Gasteiger partial charge in [-0.3, -0.25) is 4.79 Å². The van der Waals surface area contributed by atoms with Crippen LogP contribution in [0.5, 0.6) is 0 Å². The Morgan fingerprint density at radius 2 is 1.94 bits per heavy atom. The first-order valence-electron chi connectivity index (χ1n) is 7.09. The molecule has 0 spiro atoms. The number of rotatable bonds is 3. The molecule has 2 nitrogen and oxygen atoms in total. The second-order valence-corrected chi connectivity index (χ2v) is 5.35. The standard InChI is InChI=1S/C16H23NO/c1-3-16(18)14-6-8-15(9-7-14)17-11-4-5-13(2)10-12-17/h6-9,13H,3-5,10-12H2,1-2H3. The Hall–Kier alpha value is -1.31. The van der Waals surface area contributed by atoms with Crippen LogP contribution in [0.4, 0.5) is 5.69 Å². The fourth-order valence-electron chi connectivity index (χ4n) is 2.58. The lowest BCUT2D eigenvalue weighted by Crippen LogP contribution is -2.24. The largest absolute Gasteiger partial charge is 0.372 e. The fraction of sp³-hybridized carbons (Fsp3) is 0.562. The lowest BCUT2D eigenvalue weighted by molar-refractivity contribution is 0.0988. The summed E-state index contributed by atoms with van der Waals surface area (Å²) in [5.41, 5.74) is 2.10. The van der Waals surface area contributed by atoms with E-state index in [1.165, 1.54) is 24.9 Å². The van der Waals surface area contributed by atoms with Crippen molar-refractivity contribution in [2.24, 2.45) is 5.92 Å². The van der Waals surface area contributed by atoms with Gasteiger partial charge in [-0.15, -0.1) is 0 Å². The molecule has 2 rings (SSSR count). The zero-order valence-corrected chi connectivity index (χ0v) is 11.5. The molecule has 0 aromatic heterocycles. The van der Waals surface area contributed by atoms with Gasteiger partial charge >= 0.3 is 0 Å². The number of carbonyl (C=O) groups is 1. The SMILES string of the molecule is CCC(=O)c1ccc(N2CCCC(C)CC2)cc1. The van der Waals surface area contributed by atoms with E-state index in [1.54, 1.807) is 0 Å². The third-order valence-corrected chi connectivity index (χ3v) is 3.89. The highest BCUT2D eigenvalue weighted by Gasteiger charge is 2.14. The fourth-order valence-corrected chi connectivity index (χ4v) is 2.58. The van der Waals surface area contributed by atoms with Crippen LogP contribution >= 0.6 is 0 Å². The van der Waals surface area contributed by atoms with Gasteiger partial charge in [-0.25, -0.2) is 0 Å². The Balaban J connectivity index is 2.06. The van der Waals surface area contributed by atoms with Crippen LogP contribution < -0.4 is 4.90 Å². The molecule has 0 bridgehead atoms. The molecule has 1 aliphatic rings. The van der Waals surface area contributed by atoms with Gasteiger partial charge in [0, 0.05) is 30.8 Å². The zero-order valence-electron chi connectivity index (χ0n) is 11.5. The second-order valence-electron chi connectivity index (χ2n) is 5.35. The molecular formula is C16H23NO. The van der Waals surface area contributed by atoms with Gasteiger partial charge < -0.3 is 4.90 Å². The second kappa shape index (κ2) is 6.03. The van der Waals surface area contributed by atoms with Crippen LogP contribution in [0.15, 0.2) is 24.3 Å². The molecule has 0 N–H and O–H groups in total. The molecule has 18 heavy (non-hydrogen) atoms. The Bertz CT molecular complexity index is 396. The molecule has 1 fully saturated rings. The smallest absolute Gasteiger partial charge is 0.162 e. The van der Waals surface area contributed by atoms with E-state index in [9.17, 15) is 4.79 Å². The molecule has 2 heteroatoms. The summed E-state index contributed by atoms with van der Waals surface area (Å²) in [5.74, 6) is 1.07. The van der Waals surface area contributed by atoms with Crippen molar-refractivity contribution in [3.63, 3.8) is 0 Å². The molecule has 0 saturated carbocycles. The van der Waals surface area contributed by atoms with Crippen LogP contribution in [0.25, 0.3) is 0 Å². The summed E-state index contributed by atoms with van der Waals surface area (Å²) in [6.45, 7) is 6.53. The Kier molecular flexibility index (Phi) is 4.40. The molecule has 0 amide bonds. The number of hydrogen-bond donors (Lipinski definition) is 0. The van der Waals surface area contributed by atoms with E-state index in [4.69, 9.17) is 0 Å². The normalized spacial score (nSPS) is 20.6. The monoisotopic (exact) mass is 245 g/mol. The molecule has 0 aliphatic carbocycles. The van der Waals surface area contributed by atoms with E-state index in [0.29, 0.717) is 6.42 Å². The van der Waals surface area contributed by atoms with E-state index in [0.717, 1.165) is 24.6 Å². The van der Waals surface area contributed by atoms with Crippen LogP contribution in [0, 0.1) is 5.92 Å². The maximum Gasteiger partial charge on any atom is 0.162 e. The predicted molar refractivity (Wildman–Crippen MR) is 76.3 cm³/mol. The van der Waals surface area contributed by atoms with E-state index >= 15 is 0 Å². The van der Waals surface area contributed by atoms with Crippen molar-refractivity contribution in [1.29, 1.82) is 0 Å². The third kappa shape index (κ3) is 3.12. The minimum Gasteiger partial charge on any atom is -0.372 e. The molecule has 1 atom stereocenters. The first-order valence-corrected chi connectivity index (χ1v) is 7.09. The van der Waals surface area contributed by atoms with Crippen LogP contribution in [-0.4, -0.2) is 18.9 Å². The summed E-state index contributed by atoms with van der Waals surface area (Å²) in [7, 11) is 0. The lowest BCUT2D eigenvalue weighted by atomic mass is 10.0. The molecule has 0 radical (unpaired) electrons. The van der Waals surface area contributed by atoms with Gasteiger partial charge in [0.15, 0.2) is 5.78 Å². The van der Waals surface area contributed by atoms with E-state index in [1.807, 2.05) is 19.1 Å². The highest BCUT2D eigenvalue weighted by atomic mass is 16.1. The van der Waals surface area contributed by atoms with Crippen molar-refractivity contribution in [3.05, 3.63) is 29.8 Å². The van der Waals surface area contributed by atoms with Gasteiger partial charge in [0.25, 0.3) is 0 Å². The maximum absolute atomic E-state index is 11.6. The van der Waals surface area contributed by atoms with E-state index in [-0.39, 0.29) is 5.78 Å². The number of nitrogens with zero attached hydrogens (tertiary/aromatic N) is 1. The van der Waals surface area contributed by atoms with Crippen LogP contribution in [0.3, 0.4) is 0 Å². The Labute approximate surface area is 110 Å². The van der Waals surface area contributed by atoms with Gasteiger partial charge in [0.1, 0.15) is 0 Å². The molecular weight excluding hydrogens is 222 g/mol. The molecule has 1 aliphatic heterocycles. The van der Waals surface area contributed by atoms with Crippen molar-refractivity contribution in [2.45, 2.75) is 39.5 Å². The Morgan fingerprint density at radius 1 is 1.22 bits per heavy atom. The van der Waals surface area contributed by atoms with Crippen LogP contribution in [0.2, 0.25) is 0 Å². The molecule has 1 saturated heterocycles. The van der Waals surface area contributed by atoms with Crippen molar-refractivity contribution in [2.75, 3.05) is 18.0 Å². The number of anilines is 1. The first kappa shape index (κ1) is 13.1. The number of carbonyl (C=O) groups excluding carboxylic acids is 1. The van der Waals surface area contributed by atoms with Gasteiger partial charge in [-0.1, -0.05) is 13.8 Å². The number of hydrogen-bond acceptors (Lipinski definition) is 2. The molecule has 1 aromatic rings. The summed E-state index contributed by atoms with van der Waals surface area (Å²) in [6.07, 6.45) is 4.47. The molecule has 98 valence electrons. The van der Waals surface area contributed by atoms with Crippen LogP contribution in [-0.2, 0) is 0 Å². The summed E-state index contributed by atoms with van der Waals surface area (Å²) < 4.78 is 0. The molecule has 1 heterocycles. The van der Waals surface area contributed by atoms with E-state index in [2.05, 4.69) is 24.0 Å². The highest BCUT2D eigenvalue weighted by Crippen LogP contribution is 2.22. The van der Waals surface area contributed by atoms with Gasteiger partial charge in [-0.2, -0.15) is 0 Å². The number of ketones is 1. The maximum atomic E-state index is 11.6. The summed E-state index contributed by atoms with van der Waals surface area (Å²) >= 11 is 0. The third-order valence-electron chi connectivity index (χ3n) is 3.89. The van der Waals surface area contributed by atoms with Crippen molar-refractivity contribution >= 4 is 11.5 Å². The highest BCUT2D eigenvalue weighted by molar-refractivity contribution is 5.96. The van der Waals surface area contributed by atoms with Gasteiger partial charge in [0.2, 0.25) is 0 Å². The summed E-state index contributed by atoms with van der Waals surface area (Å²) in [4.78, 5) is 14.0. The predicted octanol–water partition coefficient (Wildman–Crippen LogP) is 3.91. The minimum atomic E-state index is 0.228. The zero-order chi connectivity index (χ0) is 13.0. The Morgan fingerprint density at radius 3 is 2.61 bits per heavy atom. The molecule has 1 unspecified atom stereocenters. The quantitative estimate of drug-likeness (QED) is 0.753. The molecule has 1 aromatic carbocycles. The topological polar surface area (TPSA) is 20.3 Å². The number of benzene rings is 1.